The Morgan fingerprint density at radius 2 is 2.12 bits per heavy atom. The normalized spacial score (nSPS) is 9.12. The molecule has 0 aliphatic carbocycles. The molecule has 1 aromatic rings. The molecule has 17 heavy (non-hydrogen) atoms. The van der Waals surface area contributed by atoms with Crippen LogP contribution in [0.2, 0.25) is 0 Å². The number of hydrogen-bond acceptors (Lipinski definition) is 3. The van der Waals surface area contributed by atoms with E-state index in [1.54, 1.807) is 0 Å². The Labute approximate surface area is 119 Å². The zero-order valence-corrected chi connectivity index (χ0v) is 13.0. The van der Waals surface area contributed by atoms with E-state index in [4.69, 9.17) is 9.29 Å². The van der Waals surface area contributed by atoms with Crippen LogP contribution in [-0.2, 0) is 11.2 Å². The number of hydrogen-bond donors (Lipinski definition) is 1. The molecule has 0 atom stereocenters. The lowest BCUT2D eigenvalue weighted by atomic mass is 10.1. The molecule has 0 aliphatic heterocycles. The molecule has 0 unspecified atom stereocenters. The summed E-state index contributed by atoms with van der Waals surface area (Å²) in [5.41, 5.74) is 0.982. The molecule has 3 nitrogen and oxygen atoms in total. The molecule has 0 spiro atoms. The molecule has 0 aromatic heterocycles. The van der Waals surface area contributed by atoms with Crippen LogP contribution < -0.4 is 4.18 Å². The molecule has 0 heterocycles. The number of aryl methyl sites for hydroxylation is 1. The second-order valence-electron chi connectivity index (χ2n) is 3.39. The third-order valence-electron chi connectivity index (χ3n) is 1.65. The van der Waals surface area contributed by atoms with E-state index in [9.17, 15) is 4.79 Å². The highest BCUT2D eigenvalue weighted by Crippen LogP contribution is 2.22. The molecule has 1 rings (SSSR count). The monoisotopic (exact) mass is 368 g/mol. The fourth-order valence-electron chi connectivity index (χ4n) is 1.04. The summed E-state index contributed by atoms with van der Waals surface area (Å²) in [6.07, 6.45) is 1.94. The molecule has 0 aliphatic rings. The summed E-state index contributed by atoms with van der Waals surface area (Å²) >= 11 is 2.03. The Morgan fingerprint density at radius 3 is 2.65 bits per heavy atom. The van der Waals surface area contributed by atoms with Crippen LogP contribution in [0.5, 0.6) is 5.75 Å². The molecule has 5 heteroatoms. The smallest absolute Gasteiger partial charge is 0.303 e. The van der Waals surface area contributed by atoms with Crippen LogP contribution >= 0.6 is 30.4 Å². The van der Waals surface area contributed by atoms with Gasteiger partial charge in [-0.25, -0.2) is 0 Å². The molecule has 0 amide bonds. The summed E-state index contributed by atoms with van der Waals surface area (Å²) in [6, 6.07) is 7.46. The molecule has 0 saturated carbocycles. The first-order valence-electron chi connectivity index (χ1n) is 5.40. The lowest BCUT2D eigenvalue weighted by molar-refractivity contribution is -0.136. The second-order valence-corrected chi connectivity index (χ2v) is 4.77. The van der Waals surface area contributed by atoms with Crippen molar-refractivity contribution in [3.63, 3.8) is 0 Å². The molecule has 96 valence electrons. The summed E-state index contributed by atoms with van der Waals surface area (Å²) in [6.45, 7) is 4.25. The van der Waals surface area contributed by atoms with E-state index < -0.39 is 5.97 Å². The van der Waals surface area contributed by atoms with Crippen molar-refractivity contribution in [1.29, 1.82) is 0 Å². The maximum Gasteiger partial charge on any atom is 0.303 e. The first-order chi connectivity index (χ1) is 8.13. The van der Waals surface area contributed by atoms with Crippen LogP contribution in [0.3, 0.4) is 0 Å². The zero-order valence-electron chi connectivity index (χ0n) is 9.98. The summed E-state index contributed by atoms with van der Waals surface area (Å²) in [5, 5.41) is 8.51. The Morgan fingerprint density at radius 1 is 1.47 bits per heavy atom. The van der Waals surface area contributed by atoms with E-state index >= 15 is 0 Å². The van der Waals surface area contributed by atoms with Gasteiger partial charge < -0.3 is 9.29 Å². The summed E-state index contributed by atoms with van der Waals surface area (Å²) in [5.74, 6) is -0.0214. The molecule has 0 saturated heterocycles. The van der Waals surface area contributed by atoms with Gasteiger partial charge in [0.15, 0.2) is 0 Å². The highest BCUT2D eigenvalue weighted by atomic mass is 127. The Kier molecular flexibility index (Phi) is 10.4. The average Bonchev–Trinajstić information content (AvgIpc) is 2.28. The predicted octanol–water partition coefficient (Wildman–Crippen LogP) is 4.50. The first kappa shape index (κ1) is 16.6. The second kappa shape index (κ2) is 10.7. The summed E-state index contributed by atoms with van der Waals surface area (Å²) in [4.78, 5) is 10.3. The third kappa shape index (κ3) is 9.29. The highest BCUT2D eigenvalue weighted by Gasteiger charge is 2.00. The fourth-order valence-corrected chi connectivity index (χ4v) is 1.84. The molecule has 0 radical (unpaired) electrons. The number of carboxylic acids is 1. The minimum absolute atomic E-state index is 0.154. The SMILES string of the molecule is CCC.O=C(O)CCc1cccc(OSI)c1. The van der Waals surface area contributed by atoms with Crippen molar-refractivity contribution in [2.45, 2.75) is 33.1 Å². The quantitative estimate of drug-likeness (QED) is 0.614. The minimum atomic E-state index is -0.778. The average molecular weight is 368 g/mol. The number of carboxylic acid groups (broad SMARTS) is 1. The van der Waals surface area contributed by atoms with Gasteiger partial charge in [0, 0.05) is 27.6 Å². The van der Waals surface area contributed by atoms with Crippen molar-refractivity contribution in [3.8, 4) is 5.75 Å². The summed E-state index contributed by atoms with van der Waals surface area (Å²) in [7, 11) is 1.24. The number of aliphatic carboxylic acids is 1. The van der Waals surface area contributed by atoms with E-state index in [1.165, 1.54) is 15.6 Å². The van der Waals surface area contributed by atoms with Crippen LogP contribution in [0, 0.1) is 0 Å². The lowest BCUT2D eigenvalue weighted by Gasteiger charge is -2.02. The van der Waals surface area contributed by atoms with E-state index in [1.807, 2.05) is 45.5 Å². The van der Waals surface area contributed by atoms with Gasteiger partial charge in [-0.05, 0) is 24.1 Å². The van der Waals surface area contributed by atoms with E-state index in [0.29, 0.717) is 6.42 Å². The van der Waals surface area contributed by atoms with Gasteiger partial charge >= 0.3 is 5.97 Å². The first-order valence-corrected chi connectivity index (χ1v) is 8.68. The Balaban J connectivity index is 0.000000770. The number of carbonyl (C=O) groups is 1. The molecule has 1 aromatic carbocycles. The van der Waals surface area contributed by atoms with E-state index in [-0.39, 0.29) is 6.42 Å². The van der Waals surface area contributed by atoms with Gasteiger partial charge in [0.05, 0.1) is 0 Å². The standard InChI is InChI=1S/C9H9IO3S.C3H8/c10-14-13-8-3-1-2-7(6-8)4-5-9(11)12;1-3-2/h1-3,6H,4-5H2,(H,11,12);3H2,1-2H3. The van der Waals surface area contributed by atoms with E-state index in [0.717, 1.165) is 11.3 Å². The zero-order chi connectivity index (χ0) is 13.1. The topological polar surface area (TPSA) is 46.5 Å². The molecule has 0 bridgehead atoms. The minimum Gasteiger partial charge on any atom is -0.481 e. The van der Waals surface area contributed by atoms with Gasteiger partial charge in [0.25, 0.3) is 0 Å². The van der Waals surface area contributed by atoms with Crippen LogP contribution in [0.1, 0.15) is 32.3 Å². The maximum absolute atomic E-state index is 10.3. The van der Waals surface area contributed by atoms with Gasteiger partial charge in [0.1, 0.15) is 15.0 Å². The number of benzene rings is 1. The summed E-state index contributed by atoms with van der Waals surface area (Å²) < 4.78 is 5.21. The van der Waals surface area contributed by atoms with Gasteiger partial charge in [-0.3, -0.25) is 4.79 Å². The number of halogens is 1. The Hall–Kier alpha value is -0.430. The number of rotatable bonds is 5. The van der Waals surface area contributed by atoms with Crippen molar-refractivity contribution >= 4 is 36.4 Å². The highest BCUT2D eigenvalue weighted by molar-refractivity contribution is 14.2. The van der Waals surface area contributed by atoms with Gasteiger partial charge in [0.2, 0.25) is 0 Å². The van der Waals surface area contributed by atoms with Crippen molar-refractivity contribution < 1.29 is 14.1 Å². The predicted molar refractivity (Wildman–Crippen MR) is 80.6 cm³/mol. The Bertz CT molecular complexity index is 331. The van der Waals surface area contributed by atoms with Gasteiger partial charge in [-0.1, -0.05) is 32.4 Å². The van der Waals surface area contributed by atoms with Crippen LogP contribution in [0.4, 0.5) is 0 Å². The van der Waals surface area contributed by atoms with Crippen molar-refractivity contribution in [2.24, 2.45) is 0 Å². The molecular formula is C12H17IO3S. The van der Waals surface area contributed by atoms with Crippen LogP contribution in [-0.4, -0.2) is 11.1 Å². The van der Waals surface area contributed by atoms with Gasteiger partial charge in [-0.15, -0.1) is 0 Å². The van der Waals surface area contributed by atoms with Crippen LogP contribution in [0.25, 0.3) is 0 Å². The van der Waals surface area contributed by atoms with E-state index in [2.05, 4.69) is 13.8 Å². The molecule has 0 fully saturated rings. The van der Waals surface area contributed by atoms with Crippen molar-refractivity contribution in [3.05, 3.63) is 29.8 Å². The molecule has 1 N–H and O–H groups in total. The fraction of sp³-hybridized carbons (Fsp3) is 0.417. The third-order valence-corrected chi connectivity index (χ3v) is 2.45. The van der Waals surface area contributed by atoms with Gasteiger partial charge in [-0.2, -0.15) is 0 Å². The lowest BCUT2D eigenvalue weighted by Crippen LogP contribution is -1.97. The van der Waals surface area contributed by atoms with Crippen molar-refractivity contribution in [2.75, 3.05) is 0 Å². The van der Waals surface area contributed by atoms with Crippen LogP contribution in [0.15, 0.2) is 24.3 Å². The van der Waals surface area contributed by atoms with Crippen molar-refractivity contribution in [1.82, 2.24) is 0 Å². The largest absolute Gasteiger partial charge is 0.481 e. The molecular weight excluding hydrogens is 351 g/mol. The maximum atomic E-state index is 10.3.